The Morgan fingerprint density at radius 1 is 1.18 bits per heavy atom. The smallest absolute Gasteiger partial charge is 0.253 e. The average molecular weight is 298 g/mol. The predicted octanol–water partition coefficient (Wildman–Crippen LogP) is 2.24. The van der Waals surface area contributed by atoms with Crippen LogP contribution in [-0.2, 0) is 0 Å². The van der Waals surface area contributed by atoms with Gasteiger partial charge in [0, 0.05) is 49.5 Å². The summed E-state index contributed by atoms with van der Waals surface area (Å²) in [7, 11) is 0. The number of hydrogen-bond donors (Lipinski definition) is 1. The summed E-state index contributed by atoms with van der Waals surface area (Å²) >= 11 is 0. The molecule has 1 aromatic carbocycles. The van der Waals surface area contributed by atoms with E-state index < -0.39 is 0 Å². The van der Waals surface area contributed by atoms with Crippen LogP contribution in [-0.4, -0.2) is 58.1 Å². The van der Waals surface area contributed by atoms with Gasteiger partial charge in [-0.2, -0.15) is 5.10 Å². The van der Waals surface area contributed by atoms with E-state index in [2.05, 4.69) is 28.9 Å². The van der Waals surface area contributed by atoms with E-state index in [-0.39, 0.29) is 5.91 Å². The highest BCUT2D eigenvalue weighted by molar-refractivity contribution is 5.95. The van der Waals surface area contributed by atoms with Crippen molar-refractivity contribution in [2.24, 2.45) is 0 Å². The van der Waals surface area contributed by atoms with Crippen molar-refractivity contribution >= 4 is 5.91 Å². The molecule has 22 heavy (non-hydrogen) atoms. The number of nitrogens with one attached hydrogen (secondary N) is 1. The molecule has 116 valence electrons. The lowest BCUT2D eigenvalue weighted by molar-refractivity contribution is 0.0595. The van der Waals surface area contributed by atoms with Crippen LogP contribution < -0.4 is 0 Å². The lowest BCUT2D eigenvalue weighted by Gasteiger charge is -2.37. The molecule has 0 spiro atoms. The molecule has 0 saturated carbocycles. The molecule has 0 atom stereocenters. The molecule has 0 unspecified atom stereocenters. The van der Waals surface area contributed by atoms with Crippen LogP contribution in [0.2, 0.25) is 0 Å². The van der Waals surface area contributed by atoms with Crippen LogP contribution in [0, 0.1) is 0 Å². The summed E-state index contributed by atoms with van der Waals surface area (Å²) in [6, 6.07) is 10.2. The van der Waals surface area contributed by atoms with E-state index in [1.165, 1.54) is 0 Å². The minimum atomic E-state index is 0.116. The first kappa shape index (κ1) is 14.8. The SMILES string of the molecule is CC(C)N1CCN(C(=O)c2cccc(-c3ccn[nH]3)c2)CC1. The van der Waals surface area contributed by atoms with Crippen LogP contribution in [0.1, 0.15) is 24.2 Å². The first-order valence-corrected chi connectivity index (χ1v) is 7.78. The quantitative estimate of drug-likeness (QED) is 0.945. The minimum Gasteiger partial charge on any atom is -0.336 e. The Bertz CT molecular complexity index is 628. The van der Waals surface area contributed by atoms with E-state index in [4.69, 9.17) is 0 Å². The molecule has 5 heteroatoms. The summed E-state index contributed by atoms with van der Waals surface area (Å²) in [6.07, 6.45) is 1.72. The van der Waals surface area contributed by atoms with Crippen molar-refractivity contribution in [2.75, 3.05) is 26.2 Å². The molecule has 1 aliphatic rings. The zero-order chi connectivity index (χ0) is 15.5. The third-order valence-corrected chi connectivity index (χ3v) is 4.25. The molecule has 2 heterocycles. The Hall–Kier alpha value is -2.14. The van der Waals surface area contributed by atoms with E-state index >= 15 is 0 Å². The maximum absolute atomic E-state index is 12.7. The van der Waals surface area contributed by atoms with Gasteiger partial charge in [-0.1, -0.05) is 12.1 Å². The van der Waals surface area contributed by atoms with Gasteiger partial charge in [-0.15, -0.1) is 0 Å². The van der Waals surface area contributed by atoms with Crippen molar-refractivity contribution in [3.05, 3.63) is 42.1 Å². The summed E-state index contributed by atoms with van der Waals surface area (Å²) in [6.45, 7) is 7.89. The third-order valence-electron chi connectivity index (χ3n) is 4.25. The number of rotatable bonds is 3. The first-order valence-electron chi connectivity index (χ1n) is 7.78. The highest BCUT2D eigenvalue weighted by atomic mass is 16.2. The Balaban J connectivity index is 1.72. The lowest BCUT2D eigenvalue weighted by Crippen LogP contribution is -2.50. The van der Waals surface area contributed by atoms with Gasteiger partial charge in [-0.05, 0) is 32.0 Å². The van der Waals surface area contributed by atoms with Crippen molar-refractivity contribution in [3.63, 3.8) is 0 Å². The zero-order valence-electron chi connectivity index (χ0n) is 13.1. The summed E-state index contributed by atoms with van der Waals surface area (Å²) < 4.78 is 0. The van der Waals surface area contributed by atoms with Crippen LogP contribution in [0.15, 0.2) is 36.5 Å². The number of aromatic amines is 1. The molecule has 1 aliphatic heterocycles. The van der Waals surface area contributed by atoms with Gasteiger partial charge in [0.2, 0.25) is 0 Å². The molecule has 1 fully saturated rings. The molecular formula is C17H22N4O. The van der Waals surface area contributed by atoms with E-state index in [1.54, 1.807) is 6.20 Å². The number of H-pyrrole nitrogens is 1. The van der Waals surface area contributed by atoms with Crippen molar-refractivity contribution < 1.29 is 4.79 Å². The van der Waals surface area contributed by atoms with Crippen molar-refractivity contribution in [2.45, 2.75) is 19.9 Å². The molecule has 1 amide bonds. The maximum atomic E-state index is 12.7. The van der Waals surface area contributed by atoms with Crippen LogP contribution in [0.4, 0.5) is 0 Å². The molecule has 3 rings (SSSR count). The molecule has 2 aromatic rings. The number of amides is 1. The fourth-order valence-electron chi connectivity index (χ4n) is 2.86. The molecule has 1 aromatic heterocycles. The number of hydrogen-bond acceptors (Lipinski definition) is 3. The minimum absolute atomic E-state index is 0.116. The normalized spacial score (nSPS) is 16.2. The van der Waals surface area contributed by atoms with Gasteiger partial charge >= 0.3 is 0 Å². The molecule has 5 nitrogen and oxygen atoms in total. The fraction of sp³-hybridized carbons (Fsp3) is 0.412. The monoisotopic (exact) mass is 298 g/mol. The highest BCUT2D eigenvalue weighted by Gasteiger charge is 2.23. The van der Waals surface area contributed by atoms with Crippen LogP contribution >= 0.6 is 0 Å². The lowest BCUT2D eigenvalue weighted by atomic mass is 10.1. The Labute approximate surface area is 130 Å². The summed E-state index contributed by atoms with van der Waals surface area (Å²) in [5, 5.41) is 6.90. The van der Waals surface area contributed by atoms with Crippen molar-refractivity contribution in [3.8, 4) is 11.3 Å². The Morgan fingerprint density at radius 2 is 1.95 bits per heavy atom. The third kappa shape index (κ3) is 3.04. The van der Waals surface area contributed by atoms with Crippen LogP contribution in [0.25, 0.3) is 11.3 Å². The second-order valence-electron chi connectivity index (χ2n) is 5.97. The van der Waals surface area contributed by atoms with E-state index in [0.717, 1.165) is 43.0 Å². The molecule has 1 N–H and O–H groups in total. The van der Waals surface area contributed by atoms with Gasteiger partial charge in [0.1, 0.15) is 0 Å². The van der Waals surface area contributed by atoms with Gasteiger partial charge in [0.25, 0.3) is 5.91 Å². The van der Waals surface area contributed by atoms with Gasteiger partial charge in [0.15, 0.2) is 0 Å². The van der Waals surface area contributed by atoms with Gasteiger partial charge in [-0.3, -0.25) is 14.8 Å². The Morgan fingerprint density at radius 3 is 2.59 bits per heavy atom. The Kier molecular flexibility index (Phi) is 4.24. The summed E-state index contributed by atoms with van der Waals surface area (Å²) in [5.74, 6) is 0.116. The molecule has 0 aliphatic carbocycles. The maximum Gasteiger partial charge on any atom is 0.253 e. The number of aromatic nitrogens is 2. The van der Waals surface area contributed by atoms with E-state index in [1.807, 2.05) is 35.2 Å². The molecular weight excluding hydrogens is 276 g/mol. The number of piperazine rings is 1. The standard InChI is InChI=1S/C17H22N4O/c1-13(2)20-8-10-21(11-9-20)17(22)15-5-3-4-14(12-15)16-6-7-18-19-16/h3-7,12-13H,8-11H2,1-2H3,(H,18,19). The first-order chi connectivity index (χ1) is 10.6. The van der Waals surface area contributed by atoms with Gasteiger partial charge in [-0.25, -0.2) is 0 Å². The molecule has 1 saturated heterocycles. The number of carbonyl (C=O) groups excluding carboxylic acids is 1. The topological polar surface area (TPSA) is 52.2 Å². The second-order valence-corrected chi connectivity index (χ2v) is 5.97. The zero-order valence-corrected chi connectivity index (χ0v) is 13.1. The van der Waals surface area contributed by atoms with Crippen molar-refractivity contribution in [1.29, 1.82) is 0 Å². The largest absolute Gasteiger partial charge is 0.336 e. The number of carbonyl (C=O) groups is 1. The van der Waals surface area contributed by atoms with Crippen molar-refractivity contribution in [1.82, 2.24) is 20.0 Å². The van der Waals surface area contributed by atoms with Crippen LogP contribution in [0.5, 0.6) is 0 Å². The van der Waals surface area contributed by atoms with E-state index in [0.29, 0.717) is 6.04 Å². The van der Waals surface area contributed by atoms with Gasteiger partial charge in [0.05, 0.1) is 5.69 Å². The molecule has 0 radical (unpaired) electrons. The summed E-state index contributed by atoms with van der Waals surface area (Å²) in [5.41, 5.74) is 2.66. The van der Waals surface area contributed by atoms with E-state index in [9.17, 15) is 4.79 Å². The highest BCUT2D eigenvalue weighted by Crippen LogP contribution is 2.19. The number of benzene rings is 1. The second kappa shape index (κ2) is 6.32. The van der Waals surface area contributed by atoms with Crippen LogP contribution in [0.3, 0.4) is 0 Å². The fourth-order valence-corrected chi connectivity index (χ4v) is 2.86. The number of nitrogens with zero attached hydrogens (tertiary/aromatic N) is 3. The predicted molar refractivity (Wildman–Crippen MR) is 86.6 cm³/mol. The average Bonchev–Trinajstić information content (AvgIpc) is 3.09. The van der Waals surface area contributed by atoms with Gasteiger partial charge < -0.3 is 4.90 Å². The summed E-state index contributed by atoms with van der Waals surface area (Å²) in [4.78, 5) is 17.0. The molecule has 0 bridgehead atoms.